The second kappa shape index (κ2) is 6.81. The van der Waals surface area contributed by atoms with Crippen molar-refractivity contribution in [2.45, 2.75) is 44.4 Å². The van der Waals surface area contributed by atoms with E-state index in [1.54, 1.807) is 6.92 Å². The first-order valence-corrected chi connectivity index (χ1v) is 10.4. The van der Waals surface area contributed by atoms with Crippen molar-refractivity contribution in [2.24, 2.45) is 17.6 Å². The number of carbonyl (C=O) groups is 1. The molecule has 10 heteroatoms. The first-order chi connectivity index (χ1) is 14.7. The van der Waals surface area contributed by atoms with Gasteiger partial charge < -0.3 is 30.8 Å². The molecular formula is C21H24F2N4O4. The average Bonchev–Trinajstić information content (AvgIpc) is 3.56. The van der Waals surface area contributed by atoms with E-state index >= 15 is 4.39 Å². The van der Waals surface area contributed by atoms with Crippen LogP contribution < -0.4 is 26.5 Å². The van der Waals surface area contributed by atoms with E-state index in [-0.39, 0.29) is 23.5 Å². The van der Waals surface area contributed by atoms with E-state index in [2.05, 4.69) is 4.74 Å². The average molecular weight is 434 g/mol. The van der Waals surface area contributed by atoms with Crippen molar-refractivity contribution in [1.82, 2.24) is 4.57 Å². The van der Waals surface area contributed by atoms with Crippen LogP contribution in [0.4, 0.5) is 25.0 Å². The molecule has 1 aromatic heterocycles. The fourth-order valence-electron chi connectivity index (χ4n) is 5.12. The molecule has 5 rings (SSSR count). The Morgan fingerprint density at radius 1 is 1.35 bits per heavy atom. The minimum Gasteiger partial charge on any atom is -0.449 e. The van der Waals surface area contributed by atoms with Gasteiger partial charge in [0.25, 0.3) is 0 Å². The van der Waals surface area contributed by atoms with Gasteiger partial charge in [0.1, 0.15) is 6.17 Å². The number of pyridine rings is 1. The molecule has 2 aromatic rings. The molecule has 2 aliphatic carbocycles. The molecule has 0 radical (unpaired) electrons. The lowest BCUT2D eigenvalue weighted by molar-refractivity contribution is 0.143. The largest absolute Gasteiger partial charge is 0.511 e. The van der Waals surface area contributed by atoms with Crippen molar-refractivity contribution in [1.29, 1.82) is 0 Å². The molecule has 3 aliphatic rings. The predicted octanol–water partition coefficient (Wildman–Crippen LogP) is 2.54. The predicted molar refractivity (Wildman–Crippen MR) is 111 cm³/mol. The lowest BCUT2D eigenvalue weighted by Gasteiger charge is -2.25. The van der Waals surface area contributed by atoms with E-state index < -0.39 is 35.4 Å². The first-order valence-electron chi connectivity index (χ1n) is 10.4. The van der Waals surface area contributed by atoms with Gasteiger partial charge in [-0.1, -0.05) is 0 Å². The van der Waals surface area contributed by atoms with Crippen molar-refractivity contribution in [3.05, 3.63) is 27.8 Å². The van der Waals surface area contributed by atoms with Gasteiger partial charge in [-0.25, -0.2) is 13.6 Å². The zero-order valence-corrected chi connectivity index (χ0v) is 17.0. The summed E-state index contributed by atoms with van der Waals surface area (Å²) < 4.78 is 35.6. The number of fused-ring (bicyclic) bond motifs is 1. The minimum absolute atomic E-state index is 0.184. The molecule has 0 bridgehead atoms. The number of ether oxygens (including phenoxy) is 1. The normalized spacial score (nSPS) is 29.4. The van der Waals surface area contributed by atoms with Gasteiger partial charge in [-0.15, -0.1) is 0 Å². The van der Waals surface area contributed by atoms with E-state index in [1.807, 2.05) is 4.90 Å². The monoisotopic (exact) mass is 434 g/mol. The number of halogens is 2. The number of hydrogen-bond donors (Lipinski definition) is 3. The fourth-order valence-corrected chi connectivity index (χ4v) is 5.12. The standard InChI is InChI=1S/C21H24F2N4O4/c1-8-18-15(20(28)14(31-21(29)30)7-27(18)13-5-11(13)22)17(25)16(23)19(8)26-3-2-9(6-26)10-4-12(10)24/h7,9-13H,2-6,24-25H2,1H3,(H,29,30)/t9?,10-,11-,12-,13+/m0/s1. The van der Waals surface area contributed by atoms with Crippen LogP contribution in [0.2, 0.25) is 0 Å². The molecule has 5 atom stereocenters. The van der Waals surface area contributed by atoms with Crippen LogP contribution in [0.15, 0.2) is 11.0 Å². The second-order valence-electron chi connectivity index (χ2n) is 8.90. The van der Waals surface area contributed by atoms with Crippen LogP contribution in [0.3, 0.4) is 0 Å². The van der Waals surface area contributed by atoms with E-state index in [0.29, 0.717) is 41.7 Å². The highest BCUT2D eigenvalue weighted by Crippen LogP contribution is 2.46. The summed E-state index contributed by atoms with van der Waals surface area (Å²) >= 11 is 0. The van der Waals surface area contributed by atoms with E-state index in [9.17, 15) is 14.0 Å². The van der Waals surface area contributed by atoms with Crippen molar-refractivity contribution >= 4 is 28.4 Å². The summed E-state index contributed by atoms with van der Waals surface area (Å²) in [6.45, 7) is 2.95. The van der Waals surface area contributed by atoms with Crippen molar-refractivity contribution < 1.29 is 23.4 Å². The third-order valence-electron chi connectivity index (χ3n) is 6.90. The van der Waals surface area contributed by atoms with Crippen LogP contribution in [0.25, 0.3) is 10.9 Å². The van der Waals surface area contributed by atoms with E-state index in [1.165, 1.54) is 10.8 Å². The third kappa shape index (κ3) is 3.12. The second-order valence-corrected chi connectivity index (χ2v) is 8.90. The summed E-state index contributed by atoms with van der Waals surface area (Å²) in [5, 5.41) is 8.77. The highest BCUT2D eigenvalue weighted by molar-refractivity contribution is 5.98. The highest BCUT2D eigenvalue weighted by atomic mass is 19.1. The number of anilines is 2. The minimum atomic E-state index is -1.69. The summed E-state index contributed by atoms with van der Waals surface area (Å²) in [5.41, 5.74) is 11.9. The number of rotatable bonds is 4. The summed E-state index contributed by atoms with van der Waals surface area (Å²) in [4.78, 5) is 25.9. The number of aromatic nitrogens is 1. The maximum Gasteiger partial charge on any atom is 0.511 e. The van der Waals surface area contributed by atoms with Crippen LogP contribution in [-0.2, 0) is 0 Å². The number of alkyl halides is 1. The zero-order chi connectivity index (χ0) is 22.2. The maximum absolute atomic E-state index is 15.5. The quantitative estimate of drug-likeness (QED) is 0.499. The molecule has 31 heavy (non-hydrogen) atoms. The Morgan fingerprint density at radius 3 is 2.61 bits per heavy atom. The van der Waals surface area contributed by atoms with Gasteiger partial charge in [-0.3, -0.25) is 4.79 Å². The molecule has 2 saturated carbocycles. The molecule has 166 valence electrons. The third-order valence-corrected chi connectivity index (χ3v) is 6.90. The topological polar surface area (TPSA) is 124 Å². The summed E-state index contributed by atoms with van der Waals surface area (Å²) in [6, 6.07) is -0.391. The Morgan fingerprint density at radius 2 is 2.03 bits per heavy atom. The van der Waals surface area contributed by atoms with Crippen molar-refractivity contribution in [3.8, 4) is 5.75 Å². The SMILES string of the molecule is Cc1c(N2CCC([C@@H]3C[C@@H]3N)C2)c(F)c(N)c2c(=O)c(OC(=O)O)cn([C@@H]3C[C@@H]3F)c12. The Labute approximate surface area is 176 Å². The first kappa shape index (κ1) is 20.0. The fraction of sp³-hybridized carbons (Fsp3) is 0.524. The van der Waals surface area contributed by atoms with Gasteiger partial charge in [-0.05, 0) is 37.2 Å². The van der Waals surface area contributed by atoms with Crippen molar-refractivity contribution in [3.63, 3.8) is 0 Å². The maximum atomic E-state index is 15.5. The lowest BCUT2D eigenvalue weighted by atomic mass is 10.0. The van der Waals surface area contributed by atoms with Gasteiger partial charge in [-0.2, -0.15) is 0 Å². The smallest absolute Gasteiger partial charge is 0.449 e. The highest BCUT2D eigenvalue weighted by Gasteiger charge is 2.44. The molecule has 8 nitrogen and oxygen atoms in total. The molecule has 1 saturated heterocycles. The summed E-state index contributed by atoms with van der Waals surface area (Å²) in [7, 11) is 0. The summed E-state index contributed by atoms with van der Waals surface area (Å²) in [6.07, 6.45) is 0.428. The molecule has 0 spiro atoms. The van der Waals surface area contributed by atoms with Crippen LogP contribution in [0.1, 0.15) is 30.9 Å². The number of nitrogens with zero attached hydrogens (tertiary/aromatic N) is 2. The van der Waals surface area contributed by atoms with Crippen LogP contribution >= 0.6 is 0 Å². The Kier molecular flexibility index (Phi) is 4.40. The molecule has 0 amide bonds. The van der Waals surface area contributed by atoms with Gasteiger partial charge in [0, 0.05) is 25.6 Å². The Balaban J connectivity index is 1.69. The molecule has 1 aliphatic heterocycles. The number of nitrogen functional groups attached to an aromatic ring is 1. The van der Waals surface area contributed by atoms with Crippen molar-refractivity contribution in [2.75, 3.05) is 23.7 Å². The Bertz CT molecular complexity index is 1170. The molecular weight excluding hydrogens is 410 g/mol. The van der Waals surface area contributed by atoms with E-state index in [4.69, 9.17) is 16.6 Å². The molecule has 1 unspecified atom stereocenters. The molecule has 1 aromatic carbocycles. The van der Waals surface area contributed by atoms with E-state index in [0.717, 1.165) is 12.8 Å². The number of carboxylic acid groups (broad SMARTS) is 1. The van der Waals surface area contributed by atoms with Crippen LogP contribution in [0, 0.1) is 24.6 Å². The summed E-state index contributed by atoms with van der Waals surface area (Å²) in [5.74, 6) is -0.437. The van der Waals surface area contributed by atoms with Crippen LogP contribution in [0.5, 0.6) is 5.75 Å². The number of hydrogen-bond acceptors (Lipinski definition) is 6. The molecule has 2 heterocycles. The lowest BCUT2D eigenvalue weighted by Crippen LogP contribution is -2.25. The molecule has 3 fully saturated rings. The molecule has 5 N–H and O–H groups in total. The van der Waals surface area contributed by atoms with Gasteiger partial charge in [0.15, 0.2) is 11.6 Å². The van der Waals surface area contributed by atoms with Gasteiger partial charge >= 0.3 is 6.16 Å². The Hall–Kier alpha value is -2.88. The zero-order valence-electron chi connectivity index (χ0n) is 17.0. The van der Waals surface area contributed by atoms with Gasteiger partial charge in [0.2, 0.25) is 5.43 Å². The number of nitrogens with two attached hydrogens (primary N) is 2. The number of benzene rings is 1. The van der Waals surface area contributed by atoms with Crippen LogP contribution in [-0.4, -0.2) is 41.1 Å². The number of aryl methyl sites for hydroxylation is 1. The van der Waals surface area contributed by atoms with Gasteiger partial charge in [0.05, 0.1) is 34.5 Å².